The van der Waals surface area contributed by atoms with Crippen molar-refractivity contribution in [2.45, 2.75) is 51.1 Å². The Kier molecular flexibility index (Phi) is 3.03. The molecule has 1 atom stereocenters. The van der Waals surface area contributed by atoms with E-state index in [2.05, 4.69) is 29.1 Å². The van der Waals surface area contributed by atoms with E-state index in [0.29, 0.717) is 6.04 Å². The third-order valence-corrected chi connectivity index (χ3v) is 4.59. The van der Waals surface area contributed by atoms with Gasteiger partial charge in [0.1, 0.15) is 0 Å². The Labute approximate surface area is 102 Å². The summed E-state index contributed by atoms with van der Waals surface area (Å²) in [4.78, 5) is 0. The van der Waals surface area contributed by atoms with E-state index in [1.807, 2.05) is 11.3 Å². The van der Waals surface area contributed by atoms with Crippen molar-refractivity contribution < 1.29 is 0 Å². The highest BCUT2D eigenvalue weighted by molar-refractivity contribution is 7.07. The molecule has 1 nitrogen and oxygen atoms in total. The smallest absolute Gasteiger partial charge is 0.0126 e. The molecule has 88 valence electrons. The number of thiophene rings is 1. The maximum atomic E-state index is 3.88. The van der Waals surface area contributed by atoms with Gasteiger partial charge < -0.3 is 5.32 Å². The van der Waals surface area contributed by atoms with Gasteiger partial charge in [0.25, 0.3) is 0 Å². The van der Waals surface area contributed by atoms with E-state index in [9.17, 15) is 0 Å². The highest BCUT2D eigenvalue weighted by Crippen LogP contribution is 2.44. The molecule has 1 aromatic heterocycles. The van der Waals surface area contributed by atoms with E-state index in [-0.39, 0.29) is 0 Å². The summed E-state index contributed by atoms with van der Waals surface area (Å²) in [6, 6.07) is 3.74. The van der Waals surface area contributed by atoms with Crippen LogP contribution < -0.4 is 5.32 Å². The van der Waals surface area contributed by atoms with Gasteiger partial charge in [-0.2, -0.15) is 11.3 Å². The van der Waals surface area contributed by atoms with Gasteiger partial charge in [0, 0.05) is 12.1 Å². The molecule has 1 N–H and O–H groups in total. The van der Waals surface area contributed by atoms with Crippen LogP contribution in [0, 0.1) is 11.8 Å². The van der Waals surface area contributed by atoms with Crippen LogP contribution in [-0.2, 0) is 6.42 Å². The molecule has 2 aliphatic carbocycles. The van der Waals surface area contributed by atoms with E-state index in [1.54, 1.807) is 0 Å². The first-order valence-corrected chi connectivity index (χ1v) is 7.54. The van der Waals surface area contributed by atoms with Crippen molar-refractivity contribution in [2.24, 2.45) is 11.8 Å². The lowest BCUT2D eigenvalue weighted by molar-refractivity contribution is 0.371. The second-order valence-electron chi connectivity index (χ2n) is 5.60. The molecule has 0 saturated heterocycles. The molecule has 2 aliphatic rings. The normalized spacial score (nSPS) is 22.6. The molecule has 1 unspecified atom stereocenters. The van der Waals surface area contributed by atoms with E-state index in [0.717, 1.165) is 17.9 Å². The second kappa shape index (κ2) is 4.50. The third kappa shape index (κ3) is 2.67. The molecule has 0 amide bonds. The molecule has 16 heavy (non-hydrogen) atoms. The Hall–Kier alpha value is -0.340. The zero-order valence-corrected chi connectivity index (χ0v) is 10.8. The van der Waals surface area contributed by atoms with Crippen LogP contribution in [0.4, 0.5) is 0 Å². The summed E-state index contributed by atoms with van der Waals surface area (Å²) in [5.41, 5.74) is 1.50. The minimum atomic E-state index is 0.640. The quantitative estimate of drug-likeness (QED) is 0.796. The lowest BCUT2D eigenvalue weighted by atomic mass is 10.0. The van der Waals surface area contributed by atoms with Crippen LogP contribution in [0.3, 0.4) is 0 Å². The van der Waals surface area contributed by atoms with Crippen molar-refractivity contribution in [3.05, 3.63) is 22.4 Å². The molecule has 1 heterocycles. The van der Waals surface area contributed by atoms with Crippen molar-refractivity contribution in [2.75, 3.05) is 0 Å². The van der Waals surface area contributed by atoms with Gasteiger partial charge >= 0.3 is 0 Å². The van der Waals surface area contributed by atoms with E-state index < -0.39 is 0 Å². The SMILES string of the molecule is CC(Cc1ccsc1)NC(C1CC1)C1CC1. The molecular weight excluding hydrogens is 214 g/mol. The standard InChI is InChI=1S/C14H21NS/c1-10(8-11-6-7-16-9-11)15-14(12-2-3-12)13-4-5-13/h6-7,9-10,12-15H,2-5,8H2,1H3. The molecule has 2 saturated carbocycles. The molecule has 0 aliphatic heterocycles. The summed E-state index contributed by atoms with van der Waals surface area (Å²) in [5.74, 6) is 2.02. The fraction of sp³-hybridized carbons (Fsp3) is 0.714. The number of hydrogen-bond acceptors (Lipinski definition) is 2. The maximum Gasteiger partial charge on any atom is 0.0126 e. The van der Waals surface area contributed by atoms with Gasteiger partial charge in [-0.25, -0.2) is 0 Å². The molecule has 0 aromatic carbocycles. The van der Waals surface area contributed by atoms with Gasteiger partial charge in [-0.15, -0.1) is 0 Å². The zero-order valence-electron chi connectivity index (χ0n) is 9.99. The largest absolute Gasteiger partial charge is 0.311 e. The van der Waals surface area contributed by atoms with E-state index >= 15 is 0 Å². The van der Waals surface area contributed by atoms with E-state index in [1.165, 1.54) is 37.7 Å². The Bertz CT molecular complexity index is 313. The van der Waals surface area contributed by atoms with Crippen LogP contribution in [0.15, 0.2) is 16.8 Å². The Balaban J connectivity index is 1.52. The van der Waals surface area contributed by atoms with Crippen molar-refractivity contribution in [1.29, 1.82) is 0 Å². The topological polar surface area (TPSA) is 12.0 Å². The second-order valence-corrected chi connectivity index (χ2v) is 6.38. The molecule has 1 aromatic rings. The fourth-order valence-corrected chi connectivity index (χ4v) is 3.40. The highest BCUT2D eigenvalue weighted by atomic mass is 32.1. The van der Waals surface area contributed by atoms with Crippen LogP contribution in [0.25, 0.3) is 0 Å². The van der Waals surface area contributed by atoms with Crippen molar-refractivity contribution in [3.8, 4) is 0 Å². The van der Waals surface area contributed by atoms with Gasteiger partial charge in [0.2, 0.25) is 0 Å². The molecule has 0 spiro atoms. The maximum absolute atomic E-state index is 3.88. The molecule has 3 rings (SSSR count). The fourth-order valence-electron chi connectivity index (χ4n) is 2.72. The monoisotopic (exact) mass is 235 g/mol. The first-order valence-electron chi connectivity index (χ1n) is 6.60. The first kappa shape index (κ1) is 10.8. The summed E-state index contributed by atoms with van der Waals surface area (Å²) in [6.07, 6.45) is 7.08. The van der Waals surface area contributed by atoms with Crippen LogP contribution in [-0.4, -0.2) is 12.1 Å². The Morgan fingerprint density at radius 1 is 1.31 bits per heavy atom. The predicted molar refractivity (Wildman–Crippen MR) is 69.9 cm³/mol. The zero-order chi connectivity index (χ0) is 11.0. The molecule has 0 radical (unpaired) electrons. The van der Waals surface area contributed by atoms with Crippen molar-refractivity contribution in [1.82, 2.24) is 5.32 Å². The molecule has 2 heteroatoms. The van der Waals surface area contributed by atoms with Crippen LogP contribution in [0.5, 0.6) is 0 Å². The van der Waals surface area contributed by atoms with Crippen LogP contribution >= 0.6 is 11.3 Å². The summed E-state index contributed by atoms with van der Waals surface area (Å²) in [7, 11) is 0. The minimum Gasteiger partial charge on any atom is -0.311 e. The predicted octanol–water partition coefficient (Wildman–Crippen LogP) is 3.46. The van der Waals surface area contributed by atoms with Gasteiger partial charge in [0.15, 0.2) is 0 Å². The lowest BCUT2D eigenvalue weighted by Crippen LogP contribution is -2.40. The summed E-state index contributed by atoms with van der Waals surface area (Å²) >= 11 is 1.81. The summed E-state index contributed by atoms with van der Waals surface area (Å²) < 4.78 is 0. The number of rotatable bonds is 6. The molecular formula is C14H21NS. The number of hydrogen-bond donors (Lipinski definition) is 1. The first-order chi connectivity index (χ1) is 7.83. The van der Waals surface area contributed by atoms with Crippen LogP contribution in [0.1, 0.15) is 38.2 Å². The lowest BCUT2D eigenvalue weighted by Gasteiger charge is -2.23. The Morgan fingerprint density at radius 2 is 2.00 bits per heavy atom. The van der Waals surface area contributed by atoms with Gasteiger partial charge in [-0.3, -0.25) is 0 Å². The van der Waals surface area contributed by atoms with Gasteiger partial charge in [-0.05, 0) is 73.3 Å². The number of nitrogens with one attached hydrogen (secondary N) is 1. The van der Waals surface area contributed by atoms with Crippen LogP contribution in [0.2, 0.25) is 0 Å². The summed E-state index contributed by atoms with van der Waals surface area (Å²) in [5, 5.41) is 8.34. The third-order valence-electron chi connectivity index (χ3n) is 3.86. The van der Waals surface area contributed by atoms with Crippen molar-refractivity contribution in [3.63, 3.8) is 0 Å². The van der Waals surface area contributed by atoms with Gasteiger partial charge in [-0.1, -0.05) is 0 Å². The average molecular weight is 235 g/mol. The van der Waals surface area contributed by atoms with Crippen molar-refractivity contribution >= 4 is 11.3 Å². The minimum absolute atomic E-state index is 0.640. The molecule has 0 bridgehead atoms. The van der Waals surface area contributed by atoms with E-state index in [4.69, 9.17) is 0 Å². The average Bonchev–Trinajstić information content (AvgIpc) is 3.17. The highest BCUT2D eigenvalue weighted by Gasteiger charge is 2.41. The molecule has 2 fully saturated rings. The van der Waals surface area contributed by atoms with Gasteiger partial charge in [0.05, 0.1) is 0 Å². The Morgan fingerprint density at radius 3 is 2.50 bits per heavy atom. The summed E-state index contributed by atoms with van der Waals surface area (Å²) in [6.45, 7) is 2.34.